The number of oxazole rings is 1. The van der Waals surface area contributed by atoms with Gasteiger partial charge in [0, 0.05) is 0 Å². The average molecular weight is 181 g/mol. The van der Waals surface area contributed by atoms with Crippen molar-refractivity contribution in [1.29, 1.82) is 0 Å². The van der Waals surface area contributed by atoms with Crippen molar-refractivity contribution in [2.45, 2.75) is 0 Å². The molecule has 0 fully saturated rings. The lowest BCUT2D eigenvalue weighted by Crippen LogP contribution is -2.28. The summed E-state index contributed by atoms with van der Waals surface area (Å²) in [5, 5.41) is 20.5. The van der Waals surface area contributed by atoms with E-state index in [-0.39, 0.29) is 28.6 Å². The maximum absolute atomic E-state index is 11.2. The van der Waals surface area contributed by atoms with Crippen LogP contribution < -0.4 is 16.2 Å². The lowest BCUT2D eigenvalue weighted by atomic mass is 10.2. The van der Waals surface area contributed by atoms with Gasteiger partial charge in [0.2, 0.25) is 11.1 Å². The number of nitrogens with zero attached hydrogens (tertiary/aromatic N) is 1. The fraction of sp³-hybridized carbons (Fsp3) is 0. The molecule has 2 rings (SSSR count). The van der Waals surface area contributed by atoms with E-state index in [1.54, 1.807) is 0 Å². The summed E-state index contributed by atoms with van der Waals surface area (Å²) in [6.45, 7) is 0. The molecule has 0 aliphatic carbocycles. The van der Waals surface area contributed by atoms with Gasteiger partial charge in [-0.15, -0.1) is 0 Å². The van der Waals surface area contributed by atoms with E-state index >= 15 is 0 Å². The number of phenols is 1. The highest BCUT2D eigenvalue weighted by Gasteiger charge is 2.17. The van der Waals surface area contributed by atoms with Crippen LogP contribution in [0.3, 0.4) is 0 Å². The van der Waals surface area contributed by atoms with Gasteiger partial charge < -0.3 is 20.5 Å². The van der Waals surface area contributed by atoms with Crippen molar-refractivity contribution in [2.24, 2.45) is 0 Å². The Labute approximate surface area is 72.6 Å². The molecule has 0 saturated carbocycles. The molecule has 6 heteroatoms. The molecule has 0 unspecified atom stereocenters. The highest BCUT2D eigenvalue weighted by Crippen LogP contribution is 2.28. The van der Waals surface area contributed by atoms with Crippen LogP contribution in [0.1, 0.15) is 0 Å². The molecule has 0 spiro atoms. The maximum atomic E-state index is 11.2. The quantitative estimate of drug-likeness (QED) is 0.228. The Kier molecular flexibility index (Phi) is 1.27. The molecule has 6 nitrogen and oxygen atoms in total. The van der Waals surface area contributed by atoms with Crippen LogP contribution in [0.5, 0.6) is 5.75 Å². The van der Waals surface area contributed by atoms with Gasteiger partial charge in [0.15, 0.2) is 5.75 Å². The number of aromatic hydroxyl groups is 1. The molecule has 0 bridgehead atoms. The van der Waals surface area contributed by atoms with Gasteiger partial charge in [0.25, 0.3) is 0 Å². The number of hydrogen-bond donors (Lipinski definition) is 3. The zero-order valence-electron chi connectivity index (χ0n) is 6.52. The van der Waals surface area contributed by atoms with Crippen molar-refractivity contribution in [2.75, 3.05) is 11.5 Å². The number of benzene rings is 1. The fourth-order valence-electron chi connectivity index (χ4n) is 1.14. The molecule has 1 heterocycles. The average Bonchev–Trinajstić information content (AvgIpc) is 2.38. The molecule has 0 atom stereocenters. The number of nitrogens with two attached hydrogens (primary N) is 2. The SMILES string of the molecule is Nc1ccc(O)c2oc(N)[n+]([O-])c12. The number of phenolic OH excluding ortho intramolecular Hbond substituents is 1. The van der Waals surface area contributed by atoms with Crippen LogP contribution in [0.25, 0.3) is 11.1 Å². The first kappa shape index (κ1) is 7.53. The Bertz CT molecular complexity index is 477. The molecule has 5 N–H and O–H groups in total. The van der Waals surface area contributed by atoms with Crippen LogP contribution in [0.4, 0.5) is 11.7 Å². The minimum absolute atomic E-state index is 0.00694. The van der Waals surface area contributed by atoms with Crippen LogP contribution in [-0.2, 0) is 0 Å². The predicted molar refractivity (Wildman–Crippen MR) is 45.7 cm³/mol. The number of nitrogen functional groups attached to an aromatic ring is 2. The number of anilines is 2. The van der Waals surface area contributed by atoms with Gasteiger partial charge in [-0.2, -0.15) is 4.73 Å². The van der Waals surface area contributed by atoms with Gasteiger partial charge in [0.05, 0.1) is 5.69 Å². The van der Waals surface area contributed by atoms with E-state index in [4.69, 9.17) is 15.9 Å². The molecule has 2 aromatic rings. The Hall–Kier alpha value is -2.11. The first-order chi connectivity index (χ1) is 6.11. The van der Waals surface area contributed by atoms with E-state index in [0.29, 0.717) is 4.73 Å². The third kappa shape index (κ3) is 0.851. The molecule has 0 saturated heterocycles. The molecular weight excluding hydrogens is 174 g/mol. The molecule has 68 valence electrons. The second-order valence-corrected chi connectivity index (χ2v) is 2.59. The zero-order chi connectivity index (χ0) is 9.59. The van der Waals surface area contributed by atoms with Crippen LogP contribution in [0.15, 0.2) is 16.5 Å². The van der Waals surface area contributed by atoms with Crippen molar-refractivity contribution >= 4 is 22.8 Å². The Morgan fingerprint density at radius 2 is 2.08 bits per heavy atom. The van der Waals surface area contributed by atoms with E-state index in [2.05, 4.69) is 0 Å². The van der Waals surface area contributed by atoms with Gasteiger partial charge in [-0.1, -0.05) is 0 Å². The minimum Gasteiger partial charge on any atom is -0.708 e. The first-order valence-electron chi connectivity index (χ1n) is 3.50. The van der Waals surface area contributed by atoms with Gasteiger partial charge in [0.1, 0.15) is 0 Å². The second kappa shape index (κ2) is 2.19. The summed E-state index contributed by atoms with van der Waals surface area (Å²) >= 11 is 0. The fourth-order valence-corrected chi connectivity index (χ4v) is 1.14. The van der Waals surface area contributed by atoms with Crippen LogP contribution in [-0.4, -0.2) is 5.11 Å². The van der Waals surface area contributed by atoms with Crippen LogP contribution in [0.2, 0.25) is 0 Å². The predicted octanol–water partition coefficient (Wildman–Crippen LogP) is -0.0638. The van der Waals surface area contributed by atoms with E-state index in [1.807, 2.05) is 0 Å². The Morgan fingerprint density at radius 1 is 1.38 bits per heavy atom. The van der Waals surface area contributed by atoms with Crippen molar-refractivity contribution in [3.05, 3.63) is 17.3 Å². The monoisotopic (exact) mass is 181 g/mol. The summed E-state index contributed by atoms with van der Waals surface area (Å²) in [7, 11) is 0. The number of rotatable bonds is 0. The minimum atomic E-state index is -0.344. The normalized spacial score (nSPS) is 10.8. The number of fused-ring (bicyclic) bond motifs is 1. The van der Waals surface area contributed by atoms with E-state index in [9.17, 15) is 10.3 Å². The third-order valence-corrected chi connectivity index (χ3v) is 1.75. The zero-order valence-corrected chi connectivity index (χ0v) is 6.52. The van der Waals surface area contributed by atoms with Gasteiger partial charge >= 0.3 is 6.01 Å². The highest BCUT2D eigenvalue weighted by molar-refractivity contribution is 5.87. The van der Waals surface area contributed by atoms with Crippen molar-refractivity contribution in [3.63, 3.8) is 0 Å². The molecule has 1 aromatic carbocycles. The van der Waals surface area contributed by atoms with E-state index < -0.39 is 0 Å². The summed E-state index contributed by atoms with van der Waals surface area (Å²) in [4.78, 5) is 0. The smallest absolute Gasteiger partial charge is 0.456 e. The molecular formula is C7H7N3O3. The summed E-state index contributed by atoms with van der Waals surface area (Å²) in [5.74, 6) is -0.162. The molecule has 1 aromatic heterocycles. The Morgan fingerprint density at radius 3 is 2.69 bits per heavy atom. The topological polar surface area (TPSA) is 112 Å². The first-order valence-corrected chi connectivity index (χ1v) is 3.50. The largest absolute Gasteiger partial charge is 0.708 e. The number of hydrogen-bond acceptors (Lipinski definition) is 5. The van der Waals surface area contributed by atoms with Gasteiger partial charge in [-0.25, -0.2) is 0 Å². The molecule has 0 amide bonds. The summed E-state index contributed by atoms with van der Waals surface area (Å²) in [5.41, 5.74) is 11.0. The van der Waals surface area contributed by atoms with Gasteiger partial charge in [-0.05, 0) is 12.1 Å². The summed E-state index contributed by atoms with van der Waals surface area (Å²) < 4.78 is 5.15. The summed E-state index contributed by atoms with van der Waals surface area (Å²) in [6.07, 6.45) is 0. The maximum Gasteiger partial charge on any atom is 0.456 e. The highest BCUT2D eigenvalue weighted by atomic mass is 16.5. The third-order valence-electron chi connectivity index (χ3n) is 1.75. The molecule has 0 aliphatic heterocycles. The second-order valence-electron chi connectivity index (χ2n) is 2.59. The lowest BCUT2D eigenvalue weighted by Gasteiger charge is -1.99. The van der Waals surface area contributed by atoms with E-state index in [1.165, 1.54) is 12.1 Å². The van der Waals surface area contributed by atoms with Crippen LogP contribution in [0, 0.1) is 5.21 Å². The van der Waals surface area contributed by atoms with Gasteiger partial charge in [-0.3, -0.25) is 5.73 Å². The van der Waals surface area contributed by atoms with E-state index in [0.717, 1.165) is 0 Å². The van der Waals surface area contributed by atoms with Crippen molar-refractivity contribution in [3.8, 4) is 5.75 Å². The lowest BCUT2D eigenvalue weighted by molar-refractivity contribution is -0.565. The number of aromatic nitrogens is 1. The van der Waals surface area contributed by atoms with Crippen molar-refractivity contribution < 1.29 is 14.3 Å². The molecule has 0 aliphatic rings. The standard InChI is InChI=1S/C7H7N3O3/c8-3-1-2-4(11)6-5(3)10(12)7(9)13-6/h1-2,11H,8-9H2. The molecule has 0 radical (unpaired) electrons. The Balaban J connectivity index is 3.00. The van der Waals surface area contributed by atoms with Crippen LogP contribution >= 0.6 is 0 Å². The van der Waals surface area contributed by atoms with Crippen molar-refractivity contribution in [1.82, 2.24) is 0 Å². The molecule has 13 heavy (non-hydrogen) atoms. The summed E-state index contributed by atoms with van der Waals surface area (Å²) in [6, 6.07) is 2.39.